The lowest BCUT2D eigenvalue weighted by Crippen LogP contribution is -2.11. The Hall–Kier alpha value is -16.7. The third-order valence-electron chi connectivity index (χ3n) is 26.7. The Kier molecular flexibility index (Phi) is 17.8. The number of rotatable bonds is 14. The van der Waals surface area contributed by atoms with Gasteiger partial charge in [0, 0.05) is 135 Å². The summed E-state index contributed by atoms with van der Waals surface area (Å²) in [6.07, 6.45) is 0. The van der Waals surface area contributed by atoms with Gasteiger partial charge in [-0.1, -0.05) is 258 Å². The van der Waals surface area contributed by atoms with Crippen molar-refractivity contribution in [3.8, 4) is 45.3 Å². The molecule has 0 aliphatic carbocycles. The van der Waals surface area contributed by atoms with Crippen molar-refractivity contribution in [2.45, 2.75) is 39.5 Å². The van der Waals surface area contributed by atoms with Crippen LogP contribution < -0.4 is 29.1 Å². The van der Waals surface area contributed by atoms with Crippen LogP contribution in [0.2, 0.25) is 0 Å². The predicted octanol–water partition coefficient (Wildman–Crippen LogP) is 36.1. The fourth-order valence-corrected chi connectivity index (χ4v) is 20.4. The first-order chi connectivity index (χ1) is 64.1. The molecule has 0 saturated carbocycles. The summed E-state index contributed by atoms with van der Waals surface area (Å²) in [5, 5.41) is 23.5. The summed E-state index contributed by atoms with van der Waals surface area (Å²) in [5.41, 5.74) is 23.4. The molecule has 0 fully saturated rings. The molecule has 24 aromatic rings. The van der Waals surface area contributed by atoms with E-state index in [1.807, 2.05) is 24.3 Å². The molecule has 0 amide bonds. The van der Waals surface area contributed by atoms with E-state index in [0.29, 0.717) is 11.8 Å². The zero-order valence-electron chi connectivity index (χ0n) is 72.0. The van der Waals surface area contributed by atoms with Crippen molar-refractivity contribution in [3.05, 3.63) is 436 Å². The molecular weight excluding hydrogens is 1590 g/mol. The van der Waals surface area contributed by atoms with Crippen LogP contribution in [0.1, 0.15) is 50.7 Å². The number of anilines is 12. The summed E-state index contributed by atoms with van der Waals surface area (Å²) in [7, 11) is 0. The van der Waals surface area contributed by atoms with E-state index in [1.54, 1.807) is 0 Å². The van der Waals surface area contributed by atoms with Crippen LogP contribution in [0.25, 0.3) is 152 Å². The summed E-state index contributed by atoms with van der Waals surface area (Å²) < 4.78 is 26.9. The number of nitrogens with zero attached hydrogens (tertiary/aromatic N) is 4. The van der Waals surface area contributed by atoms with E-state index >= 15 is 0 Å². The van der Waals surface area contributed by atoms with Gasteiger partial charge in [0.1, 0.15) is 45.3 Å². The van der Waals surface area contributed by atoms with Crippen molar-refractivity contribution in [2.24, 2.45) is 0 Å². The standard InChI is InChI=1S/C63H42N2O3.C59H42N2O/c1-38(2)39-24-28-45-52(32-39)53-36-55-50-31-26-43(64(40-14-5-3-6-15-40)42-25-29-48-46-18-9-11-21-57(46)66-60(48)33-42)34-62(50)68-59-23-13-20-51(63(55)59)54(53)37-56(45)65(41-16-7-4-8-17-41)44-27-30-49-47-19-10-12-22-58(47)67-61(49)35-44;1-38(2)41-26-30-49-52(34-41)53-36-55-50-31-29-48(60(44-18-5-3-6-19-44)46-27-24-39-14-9-11-16-42(39)32-46)35-58(50)62-57-23-13-22-51(59(55)57)54(53)37-56(49)61(45-20-7-4-8-21-45)47-28-25-40-15-10-12-17-43(40)33-47/h3-38H,1-2H3;3-38H,1-2H3. The summed E-state index contributed by atoms with van der Waals surface area (Å²) >= 11 is 0. The zero-order chi connectivity index (χ0) is 86.3. The van der Waals surface area contributed by atoms with Crippen LogP contribution in [0.5, 0.6) is 23.0 Å². The van der Waals surface area contributed by atoms with Gasteiger partial charge in [-0.3, -0.25) is 0 Å². The maximum atomic E-state index is 7.03. The number of fused-ring (bicyclic) bond motifs is 20. The Labute approximate surface area is 751 Å². The predicted molar refractivity (Wildman–Crippen MR) is 545 cm³/mol. The van der Waals surface area contributed by atoms with Crippen LogP contribution in [0.4, 0.5) is 68.2 Å². The summed E-state index contributed by atoms with van der Waals surface area (Å²) in [5.74, 6) is 4.08. The van der Waals surface area contributed by atoms with E-state index < -0.39 is 0 Å². The van der Waals surface area contributed by atoms with Gasteiger partial charge in [-0.05, 0) is 269 Å². The Morgan fingerprint density at radius 1 is 0.177 bits per heavy atom. The van der Waals surface area contributed by atoms with Crippen molar-refractivity contribution >= 4 is 198 Å². The highest BCUT2D eigenvalue weighted by Gasteiger charge is 2.31. The number of benzene rings is 22. The number of ether oxygens (including phenoxy) is 2. The van der Waals surface area contributed by atoms with Crippen LogP contribution in [-0.4, -0.2) is 0 Å². The van der Waals surface area contributed by atoms with Crippen LogP contribution >= 0.6 is 0 Å². The molecule has 0 N–H and O–H groups in total. The first-order valence-corrected chi connectivity index (χ1v) is 44.9. The van der Waals surface area contributed by atoms with Gasteiger partial charge < -0.3 is 37.9 Å². The van der Waals surface area contributed by atoms with Gasteiger partial charge in [0.25, 0.3) is 0 Å². The van der Waals surface area contributed by atoms with Gasteiger partial charge in [-0.25, -0.2) is 0 Å². The summed E-state index contributed by atoms with van der Waals surface area (Å²) in [6, 6.07) is 153. The lowest BCUT2D eigenvalue weighted by molar-refractivity contribution is 0.487. The highest BCUT2D eigenvalue weighted by Crippen LogP contribution is 2.57. The number of hydrogen-bond donors (Lipinski definition) is 0. The van der Waals surface area contributed by atoms with Crippen LogP contribution in [0.15, 0.2) is 433 Å². The Morgan fingerprint density at radius 3 is 0.923 bits per heavy atom. The second-order valence-corrected chi connectivity index (χ2v) is 35.0. The lowest BCUT2D eigenvalue weighted by atomic mass is 9.87. The van der Waals surface area contributed by atoms with E-state index in [1.165, 1.54) is 86.7 Å². The Balaban J connectivity index is 0.000000141. The van der Waals surface area contributed by atoms with E-state index in [0.717, 1.165) is 168 Å². The SMILES string of the molecule is CC(C)c1ccc2c(N(c3ccccc3)c3ccc4c(c3)oc3ccccc34)cc3c4cccc5c4c(cc3c2c1)-c1ccc(N(c2ccccc2)c2ccc3c(c2)oc2ccccc23)cc1O5.CC(C)c1ccc2c(N(c3ccccc3)c3ccc4ccccc4c3)cc3c4cccc5c4c(cc3c2c1)-c1ccc(N(c2ccccc2)c2ccc3ccccc3c2)cc1O5. The quantitative estimate of drug-likeness (QED) is 0.0999. The molecule has 22 aromatic carbocycles. The average Bonchev–Trinajstić information content (AvgIpc) is 0.869. The maximum Gasteiger partial charge on any atom is 0.137 e. The number of furan rings is 2. The molecule has 130 heavy (non-hydrogen) atoms. The molecule has 2 aliphatic rings. The lowest BCUT2D eigenvalue weighted by Gasteiger charge is -2.30. The van der Waals surface area contributed by atoms with Crippen molar-refractivity contribution in [2.75, 3.05) is 19.6 Å². The van der Waals surface area contributed by atoms with Gasteiger partial charge in [0.2, 0.25) is 0 Å². The molecule has 26 rings (SSSR count). The van der Waals surface area contributed by atoms with Crippen LogP contribution in [0, 0.1) is 0 Å². The topological polar surface area (TPSA) is 57.7 Å². The van der Waals surface area contributed by atoms with Gasteiger partial charge in [0.05, 0.1) is 11.4 Å². The number of hydrogen-bond acceptors (Lipinski definition) is 8. The van der Waals surface area contributed by atoms with Gasteiger partial charge in [-0.2, -0.15) is 0 Å². The molecule has 0 spiro atoms. The number of para-hydroxylation sites is 6. The molecule has 4 heterocycles. The molecule has 8 heteroatoms. The minimum Gasteiger partial charge on any atom is -0.456 e. The molecule has 0 unspecified atom stereocenters. The molecule has 0 radical (unpaired) electrons. The second-order valence-electron chi connectivity index (χ2n) is 35.0. The molecule has 2 aliphatic heterocycles. The molecule has 0 saturated heterocycles. The summed E-state index contributed by atoms with van der Waals surface area (Å²) in [6.45, 7) is 9.11. The fourth-order valence-electron chi connectivity index (χ4n) is 20.4. The largest absolute Gasteiger partial charge is 0.456 e. The highest BCUT2D eigenvalue weighted by molar-refractivity contribution is 6.28. The van der Waals surface area contributed by atoms with Crippen LogP contribution in [0.3, 0.4) is 0 Å². The van der Waals surface area contributed by atoms with E-state index in [2.05, 4.69) is 448 Å². The van der Waals surface area contributed by atoms with Crippen molar-refractivity contribution in [1.29, 1.82) is 0 Å². The Bertz CT molecular complexity index is 8720. The molecular formula is C122H84N4O4. The van der Waals surface area contributed by atoms with Gasteiger partial charge in [0.15, 0.2) is 0 Å². The first-order valence-electron chi connectivity index (χ1n) is 44.9. The fraction of sp³-hybridized carbons (Fsp3) is 0.0492. The monoisotopic (exact) mass is 1670 g/mol. The third-order valence-corrected chi connectivity index (χ3v) is 26.7. The first kappa shape index (κ1) is 75.8. The van der Waals surface area contributed by atoms with Gasteiger partial charge in [-0.15, -0.1) is 0 Å². The second kappa shape index (κ2) is 30.6. The molecule has 0 atom stereocenters. The minimum atomic E-state index is 0.344. The average molecular weight is 1670 g/mol. The smallest absolute Gasteiger partial charge is 0.137 e. The third kappa shape index (κ3) is 12.6. The van der Waals surface area contributed by atoms with E-state index in [9.17, 15) is 0 Å². The highest BCUT2D eigenvalue weighted by atomic mass is 16.5. The summed E-state index contributed by atoms with van der Waals surface area (Å²) in [4.78, 5) is 9.42. The Morgan fingerprint density at radius 2 is 0.492 bits per heavy atom. The molecule has 8 nitrogen and oxygen atoms in total. The van der Waals surface area contributed by atoms with Crippen molar-refractivity contribution < 1.29 is 18.3 Å². The minimum absolute atomic E-state index is 0.344. The maximum absolute atomic E-state index is 7.03. The molecule has 2 aromatic heterocycles. The van der Waals surface area contributed by atoms with E-state index in [4.69, 9.17) is 18.3 Å². The van der Waals surface area contributed by atoms with Gasteiger partial charge >= 0.3 is 0 Å². The van der Waals surface area contributed by atoms with Crippen LogP contribution in [-0.2, 0) is 0 Å². The van der Waals surface area contributed by atoms with E-state index in [-0.39, 0.29) is 0 Å². The van der Waals surface area contributed by atoms with Crippen molar-refractivity contribution in [3.63, 3.8) is 0 Å². The normalized spacial score (nSPS) is 12.1. The molecule has 616 valence electrons. The van der Waals surface area contributed by atoms with Crippen molar-refractivity contribution in [1.82, 2.24) is 0 Å². The molecule has 0 bridgehead atoms. The zero-order valence-corrected chi connectivity index (χ0v) is 72.0.